The van der Waals surface area contributed by atoms with Gasteiger partial charge in [0, 0.05) is 18.2 Å². The molecule has 94 valence electrons. The summed E-state index contributed by atoms with van der Waals surface area (Å²) in [6.45, 7) is 3.15. The average Bonchev–Trinajstić information content (AvgIpc) is 2.71. The van der Waals surface area contributed by atoms with Gasteiger partial charge in [-0.3, -0.25) is 4.68 Å². The minimum absolute atomic E-state index is 0.559. The van der Waals surface area contributed by atoms with Gasteiger partial charge in [-0.2, -0.15) is 5.10 Å². The molecule has 0 saturated carbocycles. The number of ether oxygens (including phenoxy) is 2. The zero-order valence-electron chi connectivity index (χ0n) is 10.4. The summed E-state index contributed by atoms with van der Waals surface area (Å²) in [5.41, 5.74) is 8.88. The van der Waals surface area contributed by atoms with Crippen LogP contribution in [0.5, 0.6) is 11.5 Å². The SMILES string of the molecule is Cc1ccc(-c2cnn(C)c2N)c2c1OCCO2. The molecule has 2 N–H and O–H groups in total. The summed E-state index contributed by atoms with van der Waals surface area (Å²) < 4.78 is 13.1. The van der Waals surface area contributed by atoms with Crippen LogP contribution in [0.4, 0.5) is 5.82 Å². The maximum Gasteiger partial charge on any atom is 0.169 e. The normalized spacial score (nSPS) is 13.7. The predicted octanol–water partition coefficient (Wildman–Crippen LogP) is 1.75. The van der Waals surface area contributed by atoms with E-state index in [4.69, 9.17) is 15.2 Å². The van der Waals surface area contributed by atoms with Crippen LogP contribution in [0.15, 0.2) is 18.3 Å². The molecular weight excluding hydrogens is 230 g/mol. The molecule has 0 bridgehead atoms. The molecule has 5 nitrogen and oxygen atoms in total. The third-order valence-corrected chi connectivity index (χ3v) is 3.16. The van der Waals surface area contributed by atoms with Crippen molar-refractivity contribution in [2.75, 3.05) is 18.9 Å². The number of benzene rings is 1. The number of aromatic nitrogens is 2. The summed E-state index contributed by atoms with van der Waals surface area (Å²) in [5, 5.41) is 4.16. The number of rotatable bonds is 1. The Kier molecular flexibility index (Phi) is 2.40. The second-order valence-corrected chi connectivity index (χ2v) is 4.35. The molecule has 1 aliphatic rings. The van der Waals surface area contributed by atoms with Crippen LogP contribution in [0.2, 0.25) is 0 Å². The maximum atomic E-state index is 6.01. The van der Waals surface area contributed by atoms with Crippen LogP contribution in [0.3, 0.4) is 0 Å². The Morgan fingerprint density at radius 1 is 1.17 bits per heavy atom. The second-order valence-electron chi connectivity index (χ2n) is 4.35. The summed E-state index contributed by atoms with van der Waals surface area (Å²) in [6.07, 6.45) is 1.75. The molecule has 0 unspecified atom stereocenters. The molecule has 1 aromatic carbocycles. The van der Waals surface area contributed by atoms with E-state index < -0.39 is 0 Å². The molecule has 1 aliphatic heterocycles. The monoisotopic (exact) mass is 245 g/mol. The van der Waals surface area contributed by atoms with Gasteiger partial charge in [0.1, 0.15) is 19.0 Å². The van der Waals surface area contributed by atoms with Crippen molar-refractivity contribution in [3.63, 3.8) is 0 Å². The number of hydrogen-bond donors (Lipinski definition) is 1. The van der Waals surface area contributed by atoms with Crippen molar-refractivity contribution in [3.05, 3.63) is 23.9 Å². The fourth-order valence-electron chi connectivity index (χ4n) is 2.14. The molecule has 1 aromatic heterocycles. The number of nitrogens with two attached hydrogens (primary N) is 1. The van der Waals surface area contributed by atoms with E-state index in [1.807, 2.05) is 26.1 Å². The number of nitrogens with zero attached hydrogens (tertiary/aromatic N) is 2. The molecule has 3 rings (SSSR count). The highest BCUT2D eigenvalue weighted by Gasteiger charge is 2.21. The van der Waals surface area contributed by atoms with Gasteiger partial charge in [-0.15, -0.1) is 0 Å². The smallest absolute Gasteiger partial charge is 0.169 e. The van der Waals surface area contributed by atoms with E-state index in [2.05, 4.69) is 5.10 Å². The molecule has 18 heavy (non-hydrogen) atoms. The molecule has 0 atom stereocenters. The number of fused-ring (bicyclic) bond motifs is 1. The van der Waals surface area contributed by atoms with E-state index in [1.165, 1.54) is 0 Å². The van der Waals surface area contributed by atoms with Crippen LogP contribution in [0.1, 0.15) is 5.56 Å². The van der Waals surface area contributed by atoms with E-state index in [9.17, 15) is 0 Å². The summed E-state index contributed by atoms with van der Waals surface area (Å²) in [4.78, 5) is 0. The van der Waals surface area contributed by atoms with Crippen LogP contribution in [-0.2, 0) is 7.05 Å². The molecule has 0 aliphatic carbocycles. The minimum atomic E-state index is 0.559. The lowest BCUT2D eigenvalue weighted by atomic mass is 10.0. The first-order chi connectivity index (χ1) is 8.68. The second kappa shape index (κ2) is 3.94. The minimum Gasteiger partial charge on any atom is -0.486 e. The molecule has 0 radical (unpaired) electrons. The van der Waals surface area contributed by atoms with E-state index >= 15 is 0 Å². The van der Waals surface area contributed by atoms with Gasteiger partial charge in [-0.25, -0.2) is 0 Å². The third-order valence-electron chi connectivity index (χ3n) is 3.16. The lowest BCUT2D eigenvalue weighted by molar-refractivity contribution is 0.171. The van der Waals surface area contributed by atoms with E-state index in [-0.39, 0.29) is 0 Å². The number of anilines is 1. The van der Waals surface area contributed by atoms with Gasteiger partial charge < -0.3 is 15.2 Å². The van der Waals surface area contributed by atoms with Crippen molar-refractivity contribution < 1.29 is 9.47 Å². The zero-order valence-corrected chi connectivity index (χ0v) is 10.4. The highest BCUT2D eigenvalue weighted by Crippen LogP contribution is 2.43. The maximum absolute atomic E-state index is 6.01. The molecule has 0 saturated heterocycles. The van der Waals surface area contributed by atoms with E-state index in [1.54, 1.807) is 10.9 Å². The molecule has 0 fully saturated rings. The summed E-state index contributed by atoms with van der Waals surface area (Å²) in [5.74, 6) is 2.19. The fourth-order valence-corrected chi connectivity index (χ4v) is 2.14. The van der Waals surface area contributed by atoms with E-state index in [0.717, 1.165) is 28.2 Å². The van der Waals surface area contributed by atoms with Gasteiger partial charge >= 0.3 is 0 Å². The molecular formula is C13H15N3O2. The highest BCUT2D eigenvalue weighted by atomic mass is 16.6. The van der Waals surface area contributed by atoms with Crippen LogP contribution < -0.4 is 15.2 Å². The number of hydrogen-bond acceptors (Lipinski definition) is 4. The van der Waals surface area contributed by atoms with Gasteiger partial charge in [0.2, 0.25) is 0 Å². The van der Waals surface area contributed by atoms with Gasteiger partial charge in [-0.1, -0.05) is 6.07 Å². The quantitative estimate of drug-likeness (QED) is 0.831. The van der Waals surface area contributed by atoms with Crippen molar-refractivity contribution in [2.45, 2.75) is 6.92 Å². The lowest BCUT2D eigenvalue weighted by Crippen LogP contribution is -2.16. The molecule has 2 aromatic rings. The summed E-state index contributed by atoms with van der Waals surface area (Å²) in [6, 6.07) is 4.01. The number of nitrogen functional groups attached to an aromatic ring is 1. The van der Waals surface area contributed by atoms with Crippen LogP contribution in [0.25, 0.3) is 11.1 Å². The first kappa shape index (κ1) is 11.0. The average molecular weight is 245 g/mol. The molecule has 2 heterocycles. The molecule has 0 spiro atoms. The third kappa shape index (κ3) is 1.51. The van der Waals surface area contributed by atoms with Gasteiger partial charge in [0.25, 0.3) is 0 Å². The Morgan fingerprint density at radius 2 is 1.89 bits per heavy atom. The highest BCUT2D eigenvalue weighted by molar-refractivity contribution is 5.81. The first-order valence-electron chi connectivity index (χ1n) is 5.85. The topological polar surface area (TPSA) is 62.3 Å². The van der Waals surface area contributed by atoms with Crippen molar-refractivity contribution >= 4 is 5.82 Å². The summed E-state index contributed by atoms with van der Waals surface area (Å²) >= 11 is 0. The van der Waals surface area contributed by atoms with Crippen molar-refractivity contribution in [2.24, 2.45) is 7.05 Å². The van der Waals surface area contributed by atoms with Crippen LogP contribution in [0, 0.1) is 6.92 Å². The Bertz CT molecular complexity index is 605. The Balaban J connectivity index is 2.21. The van der Waals surface area contributed by atoms with Gasteiger partial charge in [0.15, 0.2) is 11.5 Å². The molecule has 0 amide bonds. The Morgan fingerprint density at radius 3 is 2.56 bits per heavy atom. The van der Waals surface area contributed by atoms with Crippen molar-refractivity contribution in [3.8, 4) is 22.6 Å². The number of aryl methyl sites for hydroxylation is 2. The molecule has 5 heteroatoms. The lowest BCUT2D eigenvalue weighted by Gasteiger charge is -2.22. The fraction of sp³-hybridized carbons (Fsp3) is 0.308. The van der Waals surface area contributed by atoms with Crippen LogP contribution in [-0.4, -0.2) is 23.0 Å². The first-order valence-corrected chi connectivity index (χ1v) is 5.85. The van der Waals surface area contributed by atoms with Gasteiger partial charge in [-0.05, 0) is 18.6 Å². The Labute approximate surface area is 105 Å². The zero-order chi connectivity index (χ0) is 12.7. The largest absolute Gasteiger partial charge is 0.486 e. The van der Waals surface area contributed by atoms with E-state index in [0.29, 0.717) is 19.0 Å². The predicted molar refractivity (Wildman–Crippen MR) is 68.8 cm³/mol. The Hall–Kier alpha value is -2.17. The van der Waals surface area contributed by atoms with Crippen molar-refractivity contribution in [1.82, 2.24) is 9.78 Å². The summed E-state index contributed by atoms with van der Waals surface area (Å²) in [7, 11) is 1.82. The van der Waals surface area contributed by atoms with Gasteiger partial charge in [0.05, 0.1) is 6.20 Å². The standard InChI is InChI=1S/C13H15N3O2/c1-8-3-4-9(10-7-15-16(2)13(10)14)12-11(8)17-5-6-18-12/h3-4,7H,5-6,14H2,1-2H3. The van der Waals surface area contributed by atoms with Crippen LogP contribution >= 0.6 is 0 Å². The van der Waals surface area contributed by atoms with Crippen molar-refractivity contribution in [1.29, 1.82) is 0 Å².